The van der Waals surface area contributed by atoms with Crippen LogP contribution in [0.25, 0.3) is 0 Å². The lowest BCUT2D eigenvalue weighted by molar-refractivity contribution is -0.140. The lowest BCUT2D eigenvalue weighted by Crippen LogP contribution is -2.17. The van der Waals surface area contributed by atoms with E-state index in [1.807, 2.05) is 30.3 Å². The standard InChI is InChI=1S/C16H17N3O3S/c1-16(2)11(12(16)14(21)22)13(20)17-15-19-18-10(23-15)8-9-6-4-3-5-7-9/h3-7,11-12H,8H2,1-2H3,(H,21,22)(H,17,19,20). The predicted molar refractivity (Wildman–Crippen MR) is 86.2 cm³/mol. The molecule has 1 fully saturated rings. The van der Waals surface area contributed by atoms with Crippen molar-refractivity contribution >= 4 is 28.3 Å². The van der Waals surface area contributed by atoms with Gasteiger partial charge in [0.25, 0.3) is 0 Å². The summed E-state index contributed by atoms with van der Waals surface area (Å²) in [4.78, 5) is 23.4. The van der Waals surface area contributed by atoms with Crippen LogP contribution in [-0.2, 0) is 16.0 Å². The van der Waals surface area contributed by atoms with E-state index in [9.17, 15) is 9.59 Å². The van der Waals surface area contributed by atoms with Crippen LogP contribution in [0.4, 0.5) is 5.13 Å². The van der Waals surface area contributed by atoms with Crippen LogP contribution in [0.15, 0.2) is 30.3 Å². The van der Waals surface area contributed by atoms with Crippen molar-refractivity contribution in [2.45, 2.75) is 20.3 Å². The Hall–Kier alpha value is -2.28. The third-order valence-electron chi connectivity index (χ3n) is 4.27. The van der Waals surface area contributed by atoms with Gasteiger partial charge in [0.05, 0.1) is 11.8 Å². The highest BCUT2D eigenvalue weighted by molar-refractivity contribution is 7.15. The lowest BCUT2D eigenvalue weighted by Gasteiger charge is -2.01. The van der Waals surface area contributed by atoms with Gasteiger partial charge in [0.15, 0.2) is 0 Å². The van der Waals surface area contributed by atoms with E-state index in [2.05, 4.69) is 15.5 Å². The summed E-state index contributed by atoms with van der Waals surface area (Å²) in [6.07, 6.45) is 0.654. The van der Waals surface area contributed by atoms with Crippen molar-refractivity contribution in [2.24, 2.45) is 17.3 Å². The van der Waals surface area contributed by atoms with Gasteiger partial charge in [-0.3, -0.25) is 9.59 Å². The molecule has 1 aliphatic rings. The van der Waals surface area contributed by atoms with Crippen molar-refractivity contribution in [1.82, 2.24) is 10.2 Å². The number of carbonyl (C=O) groups excluding carboxylic acids is 1. The summed E-state index contributed by atoms with van der Waals surface area (Å²) in [7, 11) is 0. The van der Waals surface area contributed by atoms with Crippen LogP contribution >= 0.6 is 11.3 Å². The number of hydrogen-bond acceptors (Lipinski definition) is 5. The van der Waals surface area contributed by atoms with Crippen LogP contribution in [0.5, 0.6) is 0 Å². The molecule has 6 nitrogen and oxygen atoms in total. The normalized spacial score (nSPS) is 21.7. The zero-order valence-electron chi connectivity index (χ0n) is 12.8. The third kappa shape index (κ3) is 3.10. The van der Waals surface area contributed by atoms with Crippen molar-refractivity contribution < 1.29 is 14.7 Å². The largest absolute Gasteiger partial charge is 0.481 e. The van der Waals surface area contributed by atoms with E-state index in [0.717, 1.165) is 10.6 Å². The Balaban J connectivity index is 1.64. The first-order chi connectivity index (χ1) is 10.9. The maximum Gasteiger partial charge on any atom is 0.307 e. The van der Waals surface area contributed by atoms with Crippen LogP contribution in [0, 0.1) is 17.3 Å². The van der Waals surface area contributed by atoms with E-state index >= 15 is 0 Å². The zero-order valence-corrected chi connectivity index (χ0v) is 13.6. The zero-order chi connectivity index (χ0) is 16.6. The van der Waals surface area contributed by atoms with Crippen molar-refractivity contribution in [3.63, 3.8) is 0 Å². The number of carbonyl (C=O) groups is 2. The maximum absolute atomic E-state index is 12.2. The molecule has 1 aromatic carbocycles. The Morgan fingerprint density at radius 2 is 1.91 bits per heavy atom. The third-order valence-corrected chi connectivity index (χ3v) is 5.11. The first-order valence-corrected chi connectivity index (χ1v) is 8.11. The fraction of sp³-hybridized carbons (Fsp3) is 0.375. The molecule has 1 heterocycles. The van der Waals surface area contributed by atoms with Crippen LogP contribution in [0.2, 0.25) is 0 Å². The molecule has 1 saturated carbocycles. The van der Waals surface area contributed by atoms with Gasteiger partial charge < -0.3 is 10.4 Å². The monoisotopic (exact) mass is 331 g/mol. The number of aromatic nitrogens is 2. The van der Waals surface area contributed by atoms with Gasteiger partial charge in [0, 0.05) is 6.42 Å². The van der Waals surface area contributed by atoms with Gasteiger partial charge in [0.1, 0.15) is 5.01 Å². The Kier molecular flexibility index (Phi) is 3.89. The summed E-state index contributed by atoms with van der Waals surface area (Å²) in [5.74, 6) is -2.40. The average molecular weight is 331 g/mol. The smallest absolute Gasteiger partial charge is 0.307 e. The minimum absolute atomic E-state index is 0.301. The fourth-order valence-electron chi connectivity index (χ4n) is 2.92. The molecule has 2 atom stereocenters. The second-order valence-electron chi connectivity index (χ2n) is 6.27. The number of nitrogens with one attached hydrogen (secondary N) is 1. The molecular weight excluding hydrogens is 314 g/mol. The van der Waals surface area contributed by atoms with Gasteiger partial charge in [-0.15, -0.1) is 10.2 Å². The second-order valence-corrected chi connectivity index (χ2v) is 7.33. The maximum atomic E-state index is 12.2. The van der Waals surface area contributed by atoms with Gasteiger partial charge in [0.2, 0.25) is 11.0 Å². The van der Waals surface area contributed by atoms with Crippen LogP contribution in [0.3, 0.4) is 0 Å². The van der Waals surface area contributed by atoms with E-state index in [1.54, 1.807) is 13.8 Å². The average Bonchev–Trinajstić information content (AvgIpc) is 2.84. The van der Waals surface area contributed by atoms with Crippen LogP contribution < -0.4 is 5.32 Å². The van der Waals surface area contributed by atoms with Gasteiger partial charge >= 0.3 is 5.97 Å². The highest BCUT2D eigenvalue weighted by atomic mass is 32.1. The molecule has 0 saturated heterocycles. The summed E-state index contributed by atoms with van der Waals surface area (Å²) in [5, 5.41) is 21.1. The quantitative estimate of drug-likeness (QED) is 0.878. The number of nitrogens with zero attached hydrogens (tertiary/aromatic N) is 2. The van der Waals surface area contributed by atoms with E-state index in [1.165, 1.54) is 11.3 Å². The summed E-state index contributed by atoms with van der Waals surface area (Å²) < 4.78 is 0. The van der Waals surface area contributed by atoms with E-state index < -0.39 is 23.2 Å². The Bertz CT molecular complexity index is 742. The summed E-state index contributed by atoms with van der Waals surface area (Å²) in [6.45, 7) is 3.58. The van der Waals surface area contributed by atoms with Crippen LogP contribution in [0.1, 0.15) is 24.4 Å². The molecular formula is C16H17N3O3S. The number of rotatable bonds is 5. The van der Waals surface area contributed by atoms with Gasteiger partial charge in [-0.25, -0.2) is 0 Å². The highest BCUT2D eigenvalue weighted by Crippen LogP contribution is 2.58. The van der Waals surface area contributed by atoms with E-state index in [0.29, 0.717) is 11.6 Å². The molecule has 1 amide bonds. The molecule has 0 aliphatic heterocycles. The van der Waals surface area contributed by atoms with Crippen molar-refractivity contribution in [3.8, 4) is 0 Å². The number of hydrogen-bond donors (Lipinski definition) is 2. The van der Waals surface area contributed by atoms with Crippen molar-refractivity contribution in [3.05, 3.63) is 40.9 Å². The lowest BCUT2D eigenvalue weighted by atomic mass is 10.1. The van der Waals surface area contributed by atoms with Crippen molar-refractivity contribution in [1.29, 1.82) is 0 Å². The van der Waals surface area contributed by atoms with Crippen molar-refractivity contribution in [2.75, 3.05) is 5.32 Å². The number of anilines is 1. The van der Waals surface area contributed by atoms with Gasteiger partial charge in [-0.1, -0.05) is 55.5 Å². The molecule has 2 aromatic rings. The number of carboxylic acids is 1. The molecule has 1 aliphatic carbocycles. The summed E-state index contributed by atoms with van der Waals surface area (Å²) >= 11 is 1.31. The van der Waals surface area contributed by atoms with E-state index in [-0.39, 0.29) is 5.91 Å². The molecule has 120 valence electrons. The molecule has 2 N–H and O–H groups in total. The molecule has 0 radical (unpaired) electrons. The molecule has 1 aromatic heterocycles. The van der Waals surface area contributed by atoms with Gasteiger partial charge in [-0.05, 0) is 11.0 Å². The second kappa shape index (κ2) is 5.73. The Morgan fingerprint density at radius 3 is 2.52 bits per heavy atom. The molecule has 23 heavy (non-hydrogen) atoms. The molecule has 0 bridgehead atoms. The summed E-state index contributed by atoms with van der Waals surface area (Å²) in [5.41, 5.74) is 0.601. The predicted octanol–water partition coefficient (Wildman–Crippen LogP) is 2.42. The number of benzene rings is 1. The molecule has 2 unspecified atom stereocenters. The molecule has 0 spiro atoms. The number of amides is 1. The Labute approximate surface area is 137 Å². The SMILES string of the molecule is CC1(C)C(C(=O)O)C1C(=O)Nc1nnc(Cc2ccccc2)s1. The first kappa shape index (κ1) is 15.6. The fourth-order valence-corrected chi connectivity index (χ4v) is 3.69. The number of carboxylic acid groups (broad SMARTS) is 1. The number of aliphatic carboxylic acids is 1. The van der Waals surface area contributed by atoms with Gasteiger partial charge in [-0.2, -0.15) is 0 Å². The van der Waals surface area contributed by atoms with Crippen LogP contribution in [-0.4, -0.2) is 27.2 Å². The minimum atomic E-state index is -0.933. The minimum Gasteiger partial charge on any atom is -0.481 e. The first-order valence-electron chi connectivity index (χ1n) is 7.29. The summed E-state index contributed by atoms with van der Waals surface area (Å²) in [6, 6.07) is 9.87. The van der Waals surface area contributed by atoms with E-state index in [4.69, 9.17) is 5.11 Å². The molecule has 7 heteroatoms. The topological polar surface area (TPSA) is 92.2 Å². The highest BCUT2D eigenvalue weighted by Gasteiger charge is 2.66. The molecule has 3 rings (SSSR count). The Morgan fingerprint density at radius 1 is 1.22 bits per heavy atom.